The summed E-state index contributed by atoms with van der Waals surface area (Å²) in [6.07, 6.45) is 2.54. The molecule has 5 heteroatoms. The van der Waals surface area contributed by atoms with Crippen molar-refractivity contribution in [1.82, 2.24) is 10.3 Å². The van der Waals surface area contributed by atoms with Gasteiger partial charge in [-0.1, -0.05) is 54.1 Å². The third kappa shape index (κ3) is 3.69. The standard InChI is InChI=1S/C20H21ClN4/c21-17-10-8-16(9-11-17)19-18(15-4-2-1-3-5-15)13-25(24-19)20(22)23-12-14-6-7-14/h1-5,8-11,14,18H,6-7,12-13H2,(H2,22,23). The lowest BCUT2D eigenvalue weighted by atomic mass is 9.91. The Kier molecular flexibility index (Phi) is 4.45. The Balaban J connectivity index is 1.60. The number of hydrazone groups is 1. The third-order valence-corrected chi connectivity index (χ3v) is 5.02. The van der Waals surface area contributed by atoms with Gasteiger partial charge in [0.05, 0.1) is 12.3 Å². The number of nitrogens with one attached hydrogen (secondary N) is 2. The minimum Gasteiger partial charge on any atom is -0.355 e. The van der Waals surface area contributed by atoms with Crippen LogP contribution < -0.4 is 5.32 Å². The normalized spacial score (nSPS) is 19.6. The molecule has 4 nitrogen and oxygen atoms in total. The van der Waals surface area contributed by atoms with Gasteiger partial charge in [0.25, 0.3) is 0 Å². The predicted molar refractivity (Wildman–Crippen MR) is 102 cm³/mol. The Bertz CT molecular complexity index is 781. The molecule has 0 aromatic heterocycles. The van der Waals surface area contributed by atoms with E-state index in [4.69, 9.17) is 22.1 Å². The number of rotatable bonds is 4. The van der Waals surface area contributed by atoms with Crippen molar-refractivity contribution in [3.05, 3.63) is 70.7 Å². The zero-order chi connectivity index (χ0) is 17.2. The van der Waals surface area contributed by atoms with E-state index in [0.29, 0.717) is 17.5 Å². The van der Waals surface area contributed by atoms with Crippen LogP contribution in [0.15, 0.2) is 59.7 Å². The van der Waals surface area contributed by atoms with Crippen molar-refractivity contribution in [3.8, 4) is 0 Å². The fourth-order valence-electron chi connectivity index (χ4n) is 3.12. The van der Waals surface area contributed by atoms with E-state index < -0.39 is 0 Å². The third-order valence-electron chi connectivity index (χ3n) is 4.77. The highest BCUT2D eigenvalue weighted by atomic mass is 35.5. The quantitative estimate of drug-likeness (QED) is 0.643. The van der Waals surface area contributed by atoms with Crippen LogP contribution in [0.2, 0.25) is 5.02 Å². The second kappa shape index (κ2) is 6.89. The highest BCUT2D eigenvalue weighted by Crippen LogP contribution is 2.30. The molecule has 1 heterocycles. The molecule has 2 aromatic carbocycles. The summed E-state index contributed by atoms with van der Waals surface area (Å²) >= 11 is 6.03. The monoisotopic (exact) mass is 352 g/mol. The first kappa shape index (κ1) is 16.2. The summed E-state index contributed by atoms with van der Waals surface area (Å²) in [7, 11) is 0. The highest BCUT2D eigenvalue weighted by Gasteiger charge is 2.31. The average molecular weight is 353 g/mol. The van der Waals surface area contributed by atoms with Crippen molar-refractivity contribution < 1.29 is 0 Å². The van der Waals surface area contributed by atoms with E-state index in [1.165, 1.54) is 18.4 Å². The smallest absolute Gasteiger partial charge is 0.211 e. The summed E-state index contributed by atoms with van der Waals surface area (Å²) in [6.45, 7) is 1.55. The average Bonchev–Trinajstić information content (AvgIpc) is 3.37. The Morgan fingerprint density at radius 3 is 2.52 bits per heavy atom. The van der Waals surface area contributed by atoms with Crippen LogP contribution in [0.4, 0.5) is 0 Å². The minimum absolute atomic E-state index is 0.144. The van der Waals surface area contributed by atoms with E-state index >= 15 is 0 Å². The molecule has 1 unspecified atom stereocenters. The zero-order valence-electron chi connectivity index (χ0n) is 14.0. The second-order valence-corrected chi connectivity index (χ2v) is 7.15. The molecule has 0 amide bonds. The lowest BCUT2D eigenvalue weighted by Gasteiger charge is -2.18. The van der Waals surface area contributed by atoms with E-state index in [1.807, 2.05) is 42.5 Å². The van der Waals surface area contributed by atoms with E-state index in [2.05, 4.69) is 17.4 Å². The van der Waals surface area contributed by atoms with Crippen LogP contribution in [-0.4, -0.2) is 29.8 Å². The summed E-state index contributed by atoms with van der Waals surface area (Å²) in [5, 5.41) is 18.8. The maximum atomic E-state index is 8.33. The van der Waals surface area contributed by atoms with E-state index in [0.717, 1.165) is 23.7 Å². The van der Waals surface area contributed by atoms with Crippen LogP contribution in [0.3, 0.4) is 0 Å². The topological polar surface area (TPSA) is 51.5 Å². The number of guanidine groups is 1. The molecule has 2 N–H and O–H groups in total. The zero-order valence-corrected chi connectivity index (χ0v) is 14.7. The molecule has 0 radical (unpaired) electrons. The van der Waals surface area contributed by atoms with Crippen molar-refractivity contribution >= 4 is 23.3 Å². The van der Waals surface area contributed by atoms with Gasteiger partial charge in [-0.15, -0.1) is 0 Å². The lowest BCUT2D eigenvalue weighted by Crippen LogP contribution is -2.37. The molecular formula is C20H21ClN4. The first-order chi connectivity index (χ1) is 12.2. The van der Waals surface area contributed by atoms with Crippen LogP contribution in [0.1, 0.15) is 29.9 Å². The first-order valence-electron chi connectivity index (χ1n) is 8.70. The van der Waals surface area contributed by atoms with Crippen LogP contribution >= 0.6 is 11.6 Å². The minimum atomic E-state index is 0.144. The molecule has 1 aliphatic carbocycles. The highest BCUT2D eigenvalue weighted by molar-refractivity contribution is 6.30. The van der Waals surface area contributed by atoms with Crippen molar-refractivity contribution in [2.45, 2.75) is 18.8 Å². The maximum absolute atomic E-state index is 8.33. The summed E-state index contributed by atoms with van der Waals surface area (Å²) < 4.78 is 0. The molecule has 0 bridgehead atoms. The number of hydrogen-bond donors (Lipinski definition) is 2. The van der Waals surface area contributed by atoms with Gasteiger partial charge in [0.2, 0.25) is 5.96 Å². The first-order valence-corrected chi connectivity index (χ1v) is 9.08. The lowest BCUT2D eigenvalue weighted by molar-refractivity contribution is 0.449. The van der Waals surface area contributed by atoms with Gasteiger partial charge in [-0.2, -0.15) is 5.10 Å². The molecule has 0 saturated heterocycles. The predicted octanol–water partition coefficient (Wildman–Crippen LogP) is 4.08. The number of benzene rings is 2. The molecule has 1 saturated carbocycles. The van der Waals surface area contributed by atoms with Crippen LogP contribution in [0.5, 0.6) is 0 Å². The summed E-state index contributed by atoms with van der Waals surface area (Å²) in [6, 6.07) is 18.2. The van der Waals surface area contributed by atoms with Gasteiger partial charge in [0.1, 0.15) is 0 Å². The van der Waals surface area contributed by atoms with Gasteiger partial charge in [0.15, 0.2) is 0 Å². The van der Waals surface area contributed by atoms with Crippen LogP contribution in [0.25, 0.3) is 0 Å². The Hall–Kier alpha value is -2.33. The molecule has 1 fully saturated rings. The molecule has 128 valence electrons. The van der Waals surface area contributed by atoms with Gasteiger partial charge in [-0.25, -0.2) is 5.01 Å². The molecule has 1 atom stereocenters. The van der Waals surface area contributed by atoms with Crippen molar-refractivity contribution in [2.24, 2.45) is 11.0 Å². The Morgan fingerprint density at radius 1 is 1.12 bits per heavy atom. The number of halogens is 1. The molecule has 4 rings (SSSR count). The molecule has 0 spiro atoms. The van der Waals surface area contributed by atoms with Gasteiger partial charge < -0.3 is 5.32 Å². The molecule has 1 aliphatic heterocycles. The van der Waals surface area contributed by atoms with E-state index in [-0.39, 0.29) is 5.92 Å². The number of nitrogens with zero attached hydrogens (tertiary/aromatic N) is 2. The van der Waals surface area contributed by atoms with E-state index in [1.54, 1.807) is 5.01 Å². The largest absolute Gasteiger partial charge is 0.355 e. The van der Waals surface area contributed by atoms with Gasteiger partial charge in [-0.05, 0) is 42.0 Å². The van der Waals surface area contributed by atoms with Gasteiger partial charge >= 0.3 is 0 Å². The molecular weight excluding hydrogens is 332 g/mol. The summed E-state index contributed by atoms with van der Waals surface area (Å²) in [5.41, 5.74) is 3.25. The maximum Gasteiger partial charge on any atom is 0.211 e. The van der Waals surface area contributed by atoms with Gasteiger partial charge in [0, 0.05) is 17.5 Å². The van der Waals surface area contributed by atoms with Crippen molar-refractivity contribution in [1.29, 1.82) is 5.41 Å². The number of hydrogen-bond acceptors (Lipinski definition) is 2. The van der Waals surface area contributed by atoms with Gasteiger partial charge in [-0.3, -0.25) is 5.41 Å². The second-order valence-electron chi connectivity index (χ2n) is 6.71. The fraction of sp³-hybridized carbons (Fsp3) is 0.300. The summed E-state index contributed by atoms with van der Waals surface area (Å²) in [5.74, 6) is 1.26. The molecule has 2 aliphatic rings. The van der Waals surface area contributed by atoms with Crippen molar-refractivity contribution in [2.75, 3.05) is 13.1 Å². The fourth-order valence-corrected chi connectivity index (χ4v) is 3.25. The molecule has 2 aromatic rings. The van der Waals surface area contributed by atoms with Crippen LogP contribution in [-0.2, 0) is 0 Å². The SMILES string of the molecule is N=C(NCC1CC1)N1CC(c2ccccc2)C(c2ccc(Cl)cc2)=N1. The Labute approximate surface area is 153 Å². The van der Waals surface area contributed by atoms with Crippen molar-refractivity contribution in [3.63, 3.8) is 0 Å². The Morgan fingerprint density at radius 2 is 1.84 bits per heavy atom. The molecule has 25 heavy (non-hydrogen) atoms. The van der Waals surface area contributed by atoms with E-state index in [9.17, 15) is 0 Å². The summed E-state index contributed by atoms with van der Waals surface area (Å²) in [4.78, 5) is 0. The van der Waals surface area contributed by atoms with Crippen LogP contribution in [0, 0.1) is 11.3 Å².